The molecule has 144 valence electrons. The average molecular weight is 375 g/mol. The van der Waals surface area contributed by atoms with Crippen molar-refractivity contribution in [3.63, 3.8) is 0 Å². The monoisotopic (exact) mass is 375 g/mol. The van der Waals surface area contributed by atoms with Gasteiger partial charge < -0.3 is 23.9 Å². The Bertz CT molecular complexity index is 798. The van der Waals surface area contributed by atoms with Gasteiger partial charge in [0.25, 0.3) is 5.91 Å². The van der Waals surface area contributed by atoms with Crippen LogP contribution < -0.4 is 14.8 Å². The summed E-state index contributed by atoms with van der Waals surface area (Å²) in [6, 6.07) is 7.72. The second-order valence-corrected chi connectivity index (χ2v) is 5.68. The van der Waals surface area contributed by atoms with Gasteiger partial charge in [-0.25, -0.2) is 4.79 Å². The summed E-state index contributed by atoms with van der Waals surface area (Å²) in [5.74, 6) is -0.0897. The van der Waals surface area contributed by atoms with Gasteiger partial charge in [-0.05, 0) is 44.2 Å². The lowest BCUT2D eigenvalue weighted by molar-refractivity contribution is -0.150. The fourth-order valence-corrected chi connectivity index (χ4v) is 2.22. The summed E-state index contributed by atoms with van der Waals surface area (Å²) in [5.41, 5.74) is 0.462. The largest absolute Gasteiger partial charge is 0.493 e. The average Bonchev–Trinajstić information content (AvgIpc) is 3.19. The molecule has 8 heteroatoms. The molecule has 1 aromatic heterocycles. The fourth-order valence-electron chi connectivity index (χ4n) is 2.22. The van der Waals surface area contributed by atoms with E-state index in [9.17, 15) is 14.4 Å². The maximum absolute atomic E-state index is 11.8. The molecular formula is C19H21NO7. The zero-order valence-electron chi connectivity index (χ0n) is 15.3. The summed E-state index contributed by atoms with van der Waals surface area (Å²) < 4.78 is 20.5. The van der Waals surface area contributed by atoms with Gasteiger partial charge in [-0.1, -0.05) is 0 Å². The van der Waals surface area contributed by atoms with Crippen LogP contribution in [0.4, 0.5) is 0 Å². The molecule has 0 aliphatic rings. The van der Waals surface area contributed by atoms with E-state index < -0.39 is 25.1 Å². The number of benzene rings is 1. The van der Waals surface area contributed by atoms with Crippen LogP contribution in [0.3, 0.4) is 0 Å². The normalized spacial score (nSPS) is 11.4. The third kappa shape index (κ3) is 5.88. The number of hydrogen-bond acceptors (Lipinski definition) is 7. The van der Waals surface area contributed by atoms with Crippen LogP contribution in [0.25, 0.3) is 0 Å². The van der Waals surface area contributed by atoms with E-state index in [4.69, 9.17) is 18.6 Å². The first-order valence-corrected chi connectivity index (χ1v) is 8.21. The van der Waals surface area contributed by atoms with Crippen LogP contribution in [0.15, 0.2) is 41.0 Å². The number of methoxy groups -OCH3 is 1. The molecule has 1 heterocycles. The Kier molecular flexibility index (Phi) is 6.99. The Balaban J connectivity index is 1.79. The SMILES string of the molecule is COc1cc(C(C)=O)ccc1OCC(=O)OCC(=O)N[C@H](C)c1ccco1. The Morgan fingerprint density at radius 2 is 1.93 bits per heavy atom. The number of furan rings is 1. The van der Waals surface area contributed by atoms with Gasteiger partial charge in [0.2, 0.25) is 0 Å². The van der Waals surface area contributed by atoms with Crippen molar-refractivity contribution < 1.29 is 33.0 Å². The summed E-state index contributed by atoms with van der Waals surface area (Å²) in [6.45, 7) is 2.34. The smallest absolute Gasteiger partial charge is 0.344 e. The summed E-state index contributed by atoms with van der Waals surface area (Å²) in [4.78, 5) is 35.0. The molecule has 2 aromatic rings. The fraction of sp³-hybridized carbons (Fsp3) is 0.316. The number of carbonyl (C=O) groups excluding carboxylic acids is 3. The van der Waals surface area contributed by atoms with Crippen molar-refractivity contribution in [3.8, 4) is 11.5 Å². The molecule has 0 saturated heterocycles. The van der Waals surface area contributed by atoms with Crippen molar-refractivity contribution >= 4 is 17.7 Å². The Hall–Kier alpha value is -3.29. The van der Waals surface area contributed by atoms with E-state index in [1.54, 1.807) is 25.1 Å². The number of nitrogens with one attached hydrogen (secondary N) is 1. The molecule has 0 unspecified atom stereocenters. The van der Waals surface area contributed by atoms with Crippen molar-refractivity contribution in [2.75, 3.05) is 20.3 Å². The number of ketones is 1. The molecule has 0 aliphatic heterocycles. The lowest BCUT2D eigenvalue weighted by atomic mass is 10.1. The number of rotatable bonds is 9. The van der Waals surface area contributed by atoms with Crippen molar-refractivity contribution in [3.05, 3.63) is 47.9 Å². The zero-order valence-corrected chi connectivity index (χ0v) is 15.3. The van der Waals surface area contributed by atoms with Crippen molar-refractivity contribution in [2.24, 2.45) is 0 Å². The van der Waals surface area contributed by atoms with Gasteiger partial charge in [0, 0.05) is 5.56 Å². The highest BCUT2D eigenvalue weighted by molar-refractivity contribution is 5.94. The second-order valence-electron chi connectivity index (χ2n) is 5.68. The predicted molar refractivity (Wildman–Crippen MR) is 94.7 cm³/mol. The highest BCUT2D eigenvalue weighted by Crippen LogP contribution is 2.28. The summed E-state index contributed by atoms with van der Waals surface area (Å²) >= 11 is 0. The molecule has 0 fully saturated rings. The lowest BCUT2D eigenvalue weighted by Gasteiger charge is -2.13. The summed E-state index contributed by atoms with van der Waals surface area (Å²) in [6.07, 6.45) is 1.51. The van der Waals surface area contributed by atoms with E-state index in [0.29, 0.717) is 17.1 Å². The topological polar surface area (TPSA) is 104 Å². The molecule has 0 saturated carbocycles. The molecule has 8 nitrogen and oxygen atoms in total. The molecule has 1 amide bonds. The standard InChI is InChI=1S/C19H21NO7/c1-12(15-5-4-8-25-15)20-18(22)10-27-19(23)11-26-16-7-6-14(13(2)21)9-17(16)24-3/h4-9,12H,10-11H2,1-3H3,(H,20,22)/t12-/m1/s1. The lowest BCUT2D eigenvalue weighted by Crippen LogP contribution is -2.31. The third-order valence-corrected chi connectivity index (χ3v) is 3.63. The van der Waals surface area contributed by atoms with Crippen LogP contribution in [-0.4, -0.2) is 38.0 Å². The van der Waals surface area contributed by atoms with E-state index in [0.717, 1.165) is 0 Å². The Labute approximate surface area is 156 Å². The second kappa shape index (κ2) is 9.42. The highest BCUT2D eigenvalue weighted by Gasteiger charge is 2.15. The van der Waals surface area contributed by atoms with Crippen LogP contribution >= 0.6 is 0 Å². The van der Waals surface area contributed by atoms with Gasteiger partial charge >= 0.3 is 5.97 Å². The van der Waals surface area contributed by atoms with Crippen molar-refractivity contribution in [1.82, 2.24) is 5.32 Å². The van der Waals surface area contributed by atoms with E-state index in [1.807, 2.05) is 0 Å². The number of carbonyl (C=O) groups is 3. The van der Waals surface area contributed by atoms with Crippen molar-refractivity contribution in [2.45, 2.75) is 19.9 Å². The van der Waals surface area contributed by atoms with Gasteiger partial charge in [-0.2, -0.15) is 0 Å². The minimum Gasteiger partial charge on any atom is -0.493 e. The number of Topliss-reactive ketones (excluding diaryl/α,β-unsaturated/α-hetero) is 1. The molecular weight excluding hydrogens is 354 g/mol. The maximum atomic E-state index is 11.8. The van der Waals surface area contributed by atoms with Crippen LogP contribution in [-0.2, 0) is 14.3 Å². The molecule has 0 radical (unpaired) electrons. The summed E-state index contributed by atoms with van der Waals surface area (Å²) in [7, 11) is 1.43. The minimum atomic E-state index is -0.714. The number of ether oxygens (including phenoxy) is 3. The van der Waals surface area contributed by atoms with Crippen LogP contribution in [0.1, 0.15) is 36.0 Å². The number of esters is 1. The molecule has 0 aliphatic carbocycles. The van der Waals surface area contributed by atoms with Gasteiger partial charge in [0.05, 0.1) is 19.4 Å². The first kappa shape index (κ1) is 20.0. The molecule has 2 rings (SSSR count). The number of hydrogen-bond donors (Lipinski definition) is 1. The molecule has 0 bridgehead atoms. The first-order valence-electron chi connectivity index (χ1n) is 8.21. The van der Waals surface area contributed by atoms with Gasteiger partial charge in [-0.15, -0.1) is 0 Å². The van der Waals surface area contributed by atoms with Crippen LogP contribution in [0.2, 0.25) is 0 Å². The first-order chi connectivity index (χ1) is 12.9. The van der Waals surface area contributed by atoms with Crippen LogP contribution in [0.5, 0.6) is 11.5 Å². The highest BCUT2D eigenvalue weighted by atomic mass is 16.6. The van der Waals surface area contributed by atoms with Gasteiger partial charge in [0.1, 0.15) is 5.76 Å². The van der Waals surface area contributed by atoms with E-state index in [-0.39, 0.29) is 17.6 Å². The van der Waals surface area contributed by atoms with Gasteiger partial charge in [-0.3, -0.25) is 9.59 Å². The minimum absolute atomic E-state index is 0.117. The Morgan fingerprint density at radius 3 is 2.56 bits per heavy atom. The molecule has 27 heavy (non-hydrogen) atoms. The van der Waals surface area contributed by atoms with Crippen molar-refractivity contribution in [1.29, 1.82) is 0 Å². The zero-order chi connectivity index (χ0) is 19.8. The predicted octanol–water partition coefficient (Wildman–Crippen LogP) is 2.29. The van der Waals surface area contributed by atoms with E-state index >= 15 is 0 Å². The van der Waals surface area contributed by atoms with E-state index in [1.165, 1.54) is 32.4 Å². The van der Waals surface area contributed by atoms with E-state index in [2.05, 4.69) is 5.32 Å². The molecule has 1 atom stereocenters. The quantitative estimate of drug-likeness (QED) is 0.530. The maximum Gasteiger partial charge on any atom is 0.344 e. The molecule has 1 aromatic carbocycles. The Morgan fingerprint density at radius 1 is 1.15 bits per heavy atom. The molecule has 0 spiro atoms. The summed E-state index contributed by atoms with van der Waals surface area (Å²) in [5, 5.41) is 2.64. The van der Waals surface area contributed by atoms with Gasteiger partial charge in [0.15, 0.2) is 30.5 Å². The molecule has 1 N–H and O–H groups in total. The number of amides is 1. The van der Waals surface area contributed by atoms with Crippen LogP contribution in [0, 0.1) is 0 Å². The third-order valence-electron chi connectivity index (χ3n) is 3.63.